The summed E-state index contributed by atoms with van der Waals surface area (Å²) in [6.07, 6.45) is 3.67. The maximum absolute atomic E-state index is 12.1. The predicted molar refractivity (Wildman–Crippen MR) is 91.8 cm³/mol. The molecule has 5 heteroatoms. The third kappa shape index (κ3) is 5.10. The first-order valence-electron chi connectivity index (χ1n) is 6.65. The van der Waals surface area contributed by atoms with Crippen molar-refractivity contribution in [2.45, 2.75) is 23.0 Å². The van der Waals surface area contributed by atoms with Gasteiger partial charge in [0.1, 0.15) is 0 Å². The van der Waals surface area contributed by atoms with Gasteiger partial charge in [-0.25, -0.2) is 4.98 Å². The maximum Gasteiger partial charge on any atom is 0.237 e. The molecule has 0 fully saturated rings. The van der Waals surface area contributed by atoms with E-state index in [1.165, 1.54) is 5.56 Å². The van der Waals surface area contributed by atoms with Crippen molar-refractivity contribution < 1.29 is 4.79 Å². The maximum atomic E-state index is 12.1. The van der Waals surface area contributed by atoms with Crippen LogP contribution >= 0.6 is 23.5 Å². The molecule has 3 nitrogen and oxygen atoms in total. The first-order chi connectivity index (χ1) is 10.2. The number of hydrogen-bond donors (Lipinski definition) is 1. The van der Waals surface area contributed by atoms with E-state index in [0.717, 1.165) is 16.5 Å². The minimum atomic E-state index is -0.106. The summed E-state index contributed by atoms with van der Waals surface area (Å²) >= 11 is 3.21. The zero-order valence-corrected chi connectivity index (χ0v) is 13.7. The largest absolute Gasteiger partial charge is 0.324 e. The number of nitrogens with zero attached hydrogens (tertiary/aromatic N) is 1. The molecular formula is C16H18N2OS2. The van der Waals surface area contributed by atoms with Crippen LogP contribution in [0.2, 0.25) is 0 Å². The average molecular weight is 318 g/mol. The van der Waals surface area contributed by atoms with Crippen molar-refractivity contribution >= 4 is 35.1 Å². The van der Waals surface area contributed by atoms with Gasteiger partial charge in [-0.3, -0.25) is 4.79 Å². The number of benzene rings is 1. The minimum absolute atomic E-state index is 0.00892. The lowest BCUT2D eigenvalue weighted by atomic mass is 10.2. The highest BCUT2D eigenvalue weighted by Crippen LogP contribution is 2.19. The zero-order valence-electron chi connectivity index (χ0n) is 12.1. The van der Waals surface area contributed by atoms with Crippen LogP contribution in [0.4, 0.5) is 5.69 Å². The smallest absolute Gasteiger partial charge is 0.237 e. The summed E-state index contributed by atoms with van der Waals surface area (Å²) in [4.78, 5) is 16.4. The molecule has 0 bridgehead atoms. The quantitative estimate of drug-likeness (QED) is 0.816. The summed E-state index contributed by atoms with van der Waals surface area (Å²) < 4.78 is 0. The van der Waals surface area contributed by atoms with E-state index in [1.54, 1.807) is 29.7 Å². The molecule has 2 aromatic rings. The number of aromatic nitrogens is 1. The molecule has 2 rings (SSSR count). The lowest BCUT2D eigenvalue weighted by molar-refractivity contribution is -0.115. The van der Waals surface area contributed by atoms with Gasteiger partial charge in [-0.1, -0.05) is 30.3 Å². The molecule has 21 heavy (non-hydrogen) atoms. The van der Waals surface area contributed by atoms with E-state index < -0.39 is 0 Å². The fourth-order valence-electron chi connectivity index (χ4n) is 1.69. The molecule has 1 aromatic heterocycles. The van der Waals surface area contributed by atoms with Crippen LogP contribution in [0.5, 0.6) is 0 Å². The summed E-state index contributed by atoms with van der Waals surface area (Å²) in [7, 11) is 0. The van der Waals surface area contributed by atoms with Crippen LogP contribution in [0.1, 0.15) is 12.5 Å². The van der Waals surface area contributed by atoms with Crippen molar-refractivity contribution in [2.24, 2.45) is 0 Å². The first kappa shape index (κ1) is 15.9. The molecule has 0 spiro atoms. The van der Waals surface area contributed by atoms with E-state index in [1.807, 2.05) is 43.5 Å². The fourth-order valence-corrected chi connectivity index (χ4v) is 2.90. The molecule has 1 amide bonds. The van der Waals surface area contributed by atoms with Gasteiger partial charge < -0.3 is 5.32 Å². The lowest BCUT2D eigenvalue weighted by Gasteiger charge is -2.12. The number of nitrogens with one attached hydrogen (secondary N) is 1. The van der Waals surface area contributed by atoms with Gasteiger partial charge in [-0.2, -0.15) is 0 Å². The Morgan fingerprint density at radius 1 is 1.24 bits per heavy atom. The third-order valence-corrected chi connectivity index (χ3v) is 4.80. The molecule has 0 saturated heterocycles. The number of amides is 1. The molecule has 0 aliphatic heterocycles. The summed E-state index contributed by atoms with van der Waals surface area (Å²) in [6.45, 7) is 1.92. The number of rotatable bonds is 6. The number of hydrogen-bond acceptors (Lipinski definition) is 4. The Morgan fingerprint density at radius 3 is 2.62 bits per heavy atom. The Labute approximate surface area is 133 Å². The summed E-state index contributed by atoms with van der Waals surface area (Å²) in [5.74, 6) is 0.841. The summed E-state index contributed by atoms with van der Waals surface area (Å²) in [5, 5.41) is 3.74. The van der Waals surface area contributed by atoms with Crippen LogP contribution in [0.15, 0.2) is 53.7 Å². The van der Waals surface area contributed by atoms with Crippen molar-refractivity contribution in [3.63, 3.8) is 0 Å². The van der Waals surface area contributed by atoms with Crippen molar-refractivity contribution in [3.8, 4) is 0 Å². The van der Waals surface area contributed by atoms with Gasteiger partial charge in [0.05, 0.1) is 22.2 Å². The van der Waals surface area contributed by atoms with Crippen LogP contribution in [-0.4, -0.2) is 22.4 Å². The summed E-state index contributed by atoms with van der Waals surface area (Å²) in [5.41, 5.74) is 1.97. The van der Waals surface area contributed by atoms with Crippen LogP contribution in [-0.2, 0) is 10.5 Å². The highest BCUT2D eigenvalue weighted by Gasteiger charge is 2.13. The van der Waals surface area contributed by atoms with Crippen LogP contribution in [0, 0.1) is 0 Å². The SMILES string of the molecule is CSc1ccc(NC(=O)C(C)SCc2ccccc2)cn1. The molecule has 1 aromatic carbocycles. The van der Waals surface area contributed by atoms with E-state index >= 15 is 0 Å². The predicted octanol–water partition coefficient (Wildman–Crippen LogP) is 4.06. The minimum Gasteiger partial charge on any atom is -0.324 e. The molecule has 1 atom stereocenters. The van der Waals surface area contributed by atoms with Crippen molar-refractivity contribution in [2.75, 3.05) is 11.6 Å². The van der Waals surface area contributed by atoms with E-state index in [4.69, 9.17) is 0 Å². The van der Waals surface area contributed by atoms with Crippen molar-refractivity contribution in [1.82, 2.24) is 4.98 Å². The Morgan fingerprint density at radius 2 is 2.00 bits per heavy atom. The van der Waals surface area contributed by atoms with Gasteiger partial charge >= 0.3 is 0 Å². The highest BCUT2D eigenvalue weighted by molar-refractivity contribution is 7.99. The zero-order chi connectivity index (χ0) is 15.1. The number of thioether (sulfide) groups is 2. The first-order valence-corrected chi connectivity index (χ1v) is 8.93. The van der Waals surface area contributed by atoms with Gasteiger partial charge in [0.15, 0.2) is 0 Å². The molecule has 1 heterocycles. The van der Waals surface area contributed by atoms with Gasteiger partial charge in [-0.05, 0) is 30.9 Å². The Balaban J connectivity index is 1.84. The number of carbonyl (C=O) groups excluding carboxylic acids is 1. The molecule has 0 aliphatic carbocycles. The van der Waals surface area contributed by atoms with E-state index in [2.05, 4.69) is 22.4 Å². The van der Waals surface area contributed by atoms with Crippen LogP contribution < -0.4 is 5.32 Å². The normalized spacial score (nSPS) is 11.9. The summed E-state index contributed by atoms with van der Waals surface area (Å²) in [6, 6.07) is 14.0. The number of carbonyl (C=O) groups is 1. The molecule has 1 N–H and O–H groups in total. The van der Waals surface area contributed by atoms with Gasteiger partial charge in [-0.15, -0.1) is 23.5 Å². The molecule has 0 aliphatic rings. The van der Waals surface area contributed by atoms with Crippen LogP contribution in [0.3, 0.4) is 0 Å². The second-order valence-electron chi connectivity index (χ2n) is 4.52. The van der Waals surface area contributed by atoms with Crippen LogP contribution in [0.25, 0.3) is 0 Å². The second-order valence-corrected chi connectivity index (χ2v) is 6.67. The Bertz CT molecular complexity index is 573. The molecule has 1 unspecified atom stereocenters. The standard InChI is InChI=1S/C16H18N2OS2/c1-12(21-11-13-6-4-3-5-7-13)16(19)18-14-8-9-15(20-2)17-10-14/h3-10,12H,11H2,1-2H3,(H,18,19). The third-order valence-electron chi connectivity index (χ3n) is 2.93. The number of pyridine rings is 1. The van der Waals surface area contributed by atoms with E-state index in [-0.39, 0.29) is 11.2 Å². The molecule has 0 saturated carbocycles. The average Bonchev–Trinajstić information content (AvgIpc) is 2.54. The van der Waals surface area contributed by atoms with Gasteiger partial charge in [0.25, 0.3) is 0 Å². The van der Waals surface area contributed by atoms with Gasteiger partial charge in [0.2, 0.25) is 5.91 Å². The van der Waals surface area contributed by atoms with Crippen molar-refractivity contribution in [3.05, 3.63) is 54.2 Å². The van der Waals surface area contributed by atoms with E-state index in [0.29, 0.717) is 0 Å². The lowest BCUT2D eigenvalue weighted by Crippen LogP contribution is -2.22. The monoisotopic (exact) mass is 318 g/mol. The highest BCUT2D eigenvalue weighted by atomic mass is 32.2. The van der Waals surface area contributed by atoms with E-state index in [9.17, 15) is 4.79 Å². The molecular weight excluding hydrogens is 300 g/mol. The van der Waals surface area contributed by atoms with Gasteiger partial charge in [0, 0.05) is 5.75 Å². The van der Waals surface area contributed by atoms with Crippen molar-refractivity contribution in [1.29, 1.82) is 0 Å². The molecule has 0 radical (unpaired) electrons. The fraction of sp³-hybridized carbons (Fsp3) is 0.250. The number of anilines is 1. The molecule has 110 valence electrons. The Kier molecular flexibility index (Phi) is 6.14. The Hall–Kier alpha value is -1.46. The topological polar surface area (TPSA) is 42.0 Å². The second kappa shape index (κ2) is 8.10.